The second kappa shape index (κ2) is 9.41. The number of hydrogen-bond donors (Lipinski definition) is 4. The molecule has 0 aliphatic heterocycles. The van der Waals surface area contributed by atoms with Gasteiger partial charge < -0.3 is 25.6 Å². The summed E-state index contributed by atoms with van der Waals surface area (Å²) < 4.78 is 5.35. The highest BCUT2D eigenvalue weighted by molar-refractivity contribution is 5.83. The van der Waals surface area contributed by atoms with Crippen molar-refractivity contribution >= 4 is 18.0 Å². The summed E-state index contributed by atoms with van der Waals surface area (Å²) in [4.78, 5) is 34.4. The van der Waals surface area contributed by atoms with Crippen molar-refractivity contribution in [3.8, 4) is 11.1 Å². The third kappa shape index (κ3) is 4.96. The maximum absolute atomic E-state index is 12.1. The molecule has 0 saturated carbocycles. The number of ether oxygens (including phenoxy) is 1. The van der Waals surface area contributed by atoms with E-state index in [0.29, 0.717) is 0 Å². The standard InChI is InChI=1S/C22H24N2O6/c1-13(21(27)28)24-20(26)10-14(25)11-23-22(29)30-12-19-17-8-4-2-6-15(17)16-7-3-5-9-18(16)19/h2-9,13-14,19,25H,10-12H2,1H3,(H,23,29)(H,24,26)(H,27,28)/t13-,14?/m1/s1. The molecule has 8 nitrogen and oxygen atoms in total. The zero-order valence-electron chi connectivity index (χ0n) is 16.5. The highest BCUT2D eigenvalue weighted by Crippen LogP contribution is 2.44. The van der Waals surface area contributed by atoms with Crippen LogP contribution in [0, 0.1) is 0 Å². The molecule has 0 aromatic heterocycles. The lowest BCUT2D eigenvalue weighted by Gasteiger charge is -2.16. The van der Waals surface area contributed by atoms with Crippen molar-refractivity contribution in [3.05, 3.63) is 59.7 Å². The lowest BCUT2D eigenvalue weighted by Crippen LogP contribution is -2.41. The molecule has 30 heavy (non-hydrogen) atoms. The highest BCUT2D eigenvalue weighted by atomic mass is 16.5. The van der Waals surface area contributed by atoms with Crippen LogP contribution in [-0.4, -0.2) is 53.5 Å². The minimum absolute atomic E-state index is 0.0728. The van der Waals surface area contributed by atoms with Crippen molar-refractivity contribution in [3.63, 3.8) is 0 Å². The predicted molar refractivity (Wildman–Crippen MR) is 109 cm³/mol. The van der Waals surface area contributed by atoms with Crippen LogP contribution in [-0.2, 0) is 14.3 Å². The molecular formula is C22H24N2O6. The van der Waals surface area contributed by atoms with Crippen LogP contribution in [0.2, 0.25) is 0 Å². The van der Waals surface area contributed by atoms with Crippen LogP contribution in [0.3, 0.4) is 0 Å². The van der Waals surface area contributed by atoms with E-state index in [9.17, 15) is 19.5 Å². The van der Waals surface area contributed by atoms with Crippen LogP contribution in [0.15, 0.2) is 48.5 Å². The number of carbonyl (C=O) groups is 3. The van der Waals surface area contributed by atoms with Gasteiger partial charge in [0.25, 0.3) is 0 Å². The van der Waals surface area contributed by atoms with Gasteiger partial charge in [0.15, 0.2) is 0 Å². The van der Waals surface area contributed by atoms with Gasteiger partial charge >= 0.3 is 12.1 Å². The number of alkyl carbamates (subject to hydrolysis) is 1. The molecule has 1 unspecified atom stereocenters. The number of carboxylic acid groups (broad SMARTS) is 1. The Morgan fingerprint density at radius 2 is 1.60 bits per heavy atom. The fourth-order valence-corrected chi connectivity index (χ4v) is 3.50. The smallest absolute Gasteiger partial charge is 0.407 e. The minimum atomic E-state index is -1.17. The Hall–Kier alpha value is -3.39. The van der Waals surface area contributed by atoms with Gasteiger partial charge in [-0.05, 0) is 29.2 Å². The minimum Gasteiger partial charge on any atom is -0.480 e. The summed E-state index contributed by atoms with van der Waals surface area (Å²) in [6, 6.07) is 14.9. The lowest BCUT2D eigenvalue weighted by molar-refractivity contribution is -0.141. The number of aliphatic carboxylic acids is 1. The molecule has 2 aromatic carbocycles. The molecule has 0 fully saturated rings. The van der Waals surface area contributed by atoms with E-state index in [4.69, 9.17) is 9.84 Å². The van der Waals surface area contributed by atoms with E-state index >= 15 is 0 Å². The summed E-state index contributed by atoms with van der Waals surface area (Å²) in [5.74, 6) is -1.86. The number of hydrogen-bond acceptors (Lipinski definition) is 5. The zero-order valence-corrected chi connectivity index (χ0v) is 16.5. The number of amides is 2. The van der Waals surface area contributed by atoms with Gasteiger partial charge in [-0.15, -0.1) is 0 Å². The second-order valence-electron chi connectivity index (χ2n) is 7.19. The van der Waals surface area contributed by atoms with Crippen molar-refractivity contribution in [2.24, 2.45) is 0 Å². The average Bonchev–Trinajstić information content (AvgIpc) is 3.04. The highest BCUT2D eigenvalue weighted by Gasteiger charge is 2.29. The zero-order chi connectivity index (χ0) is 21.7. The topological polar surface area (TPSA) is 125 Å². The van der Waals surface area contributed by atoms with E-state index in [-0.39, 0.29) is 25.5 Å². The predicted octanol–water partition coefficient (Wildman–Crippen LogP) is 1.87. The summed E-state index contributed by atoms with van der Waals surface area (Å²) in [5.41, 5.74) is 4.43. The molecule has 2 atom stereocenters. The SMILES string of the molecule is C[C@@H](NC(=O)CC(O)CNC(=O)OCC1c2ccccc2-c2ccccc21)C(=O)O. The van der Waals surface area contributed by atoms with Crippen LogP contribution in [0.25, 0.3) is 11.1 Å². The van der Waals surface area contributed by atoms with Gasteiger partial charge in [-0.25, -0.2) is 4.79 Å². The van der Waals surface area contributed by atoms with Crippen LogP contribution < -0.4 is 10.6 Å². The molecule has 8 heteroatoms. The molecule has 2 aromatic rings. The Morgan fingerprint density at radius 1 is 1.03 bits per heavy atom. The van der Waals surface area contributed by atoms with Gasteiger partial charge in [0, 0.05) is 12.5 Å². The molecular weight excluding hydrogens is 388 g/mol. The molecule has 4 N–H and O–H groups in total. The van der Waals surface area contributed by atoms with Crippen LogP contribution >= 0.6 is 0 Å². The maximum Gasteiger partial charge on any atom is 0.407 e. The molecule has 0 radical (unpaired) electrons. The number of benzene rings is 2. The van der Waals surface area contributed by atoms with E-state index in [1.54, 1.807) is 0 Å². The molecule has 1 aliphatic carbocycles. The number of aliphatic hydroxyl groups excluding tert-OH is 1. The third-order valence-corrected chi connectivity index (χ3v) is 4.99. The average molecular weight is 412 g/mol. The first-order chi connectivity index (χ1) is 14.4. The fraction of sp³-hybridized carbons (Fsp3) is 0.318. The van der Waals surface area contributed by atoms with E-state index < -0.39 is 30.1 Å². The fourth-order valence-electron chi connectivity index (χ4n) is 3.50. The van der Waals surface area contributed by atoms with Crippen molar-refractivity contribution < 1.29 is 29.3 Å². The molecule has 0 heterocycles. The Morgan fingerprint density at radius 3 is 2.17 bits per heavy atom. The van der Waals surface area contributed by atoms with Crippen molar-refractivity contribution in [2.75, 3.05) is 13.2 Å². The van der Waals surface area contributed by atoms with Gasteiger partial charge in [0.2, 0.25) is 5.91 Å². The van der Waals surface area contributed by atoms with Gasteiger partial charge in [-0.2, -0.15) is 0 Å². The van der Waals surface area contributed by atoms with Gasteiger partial charge in [0.1, 0.15) is 12.6 Å². The van der Waals surface area contributed by atoms with Crippen LogP contribution in [0.4, 0.5) is 4.79 Å². The monoisotopic (exact) mass is 412 g/mol. The van der Waals surface area contributed by atoms with Crippen molar-refractivity contribution in [1.29, 1.82) is 0 Å². The first-order valence-electron chi connectivity index (χ1n) is 9.66. The van der Waals surface area contributed by atoms with Gasteiger partial charge in [-0.3, -0.25) is 9.59 Å². The van der Waals surface area contributed by atoms with Crippen LogP contribution in [0.1, 0.15) is 30.4 Å². The van der Waals surface area contributed by atoms with E-state index in [1.165, 1.54) is 6.92 Å². The first kappa shape index (κ1) is 21.3. The first-order valence-corrected chi connectivity index (χ1v) is 9.66. The molecule has 2 amide bonds. The number of fused-ring (bicyclic) bond motifs is 3. The number of carboxylic acids is 1. The summed E-state index contributed by atoms with van der Waals surface area (Å²) >= 11 is 0. The van der Waals surface area contributed by atoms with E-state index in [2.05, 4.69) is 10.6 Å². The van der Waals surface area contributed by atoms with E-state index in [1.807, 2.05) is 48.5 Å². The third-order valence-electron chi connectivity index (χ3n) is 4.99. The molecule has 158 valence electrons. The molecule has 3 rings (SSSR count). The Kier molecular flexibility index (Phi) is 6.68. The molecule has 0 spiro atoms. The molecule has 0 bridgehead atoms. The maximum atomic E-state index is 12.1. The summed E-state index contributed by atoms with van der Waals surface area (Å²) in [6.45, 7) is 1.28. The number of nitrogens with one attached hydrogen (secondary N) is 2. The largest absolute Gasteiger partial charge is 0.480 e. The lowest BCUT2D eigenvalue weighted by atomic mass is 9.98. The summed E-state index contributed by atoms with van der Waals surface area (Å²) in [5, 5.41) is 23.3. The quantitative estimate of drug-likeness (QED) is 0.525. The number of aliphatic hydroxyl groups is 1. The number of rotatable bonds is 8. The van der Waals surface area contributed by atoms with Crippen molar-refractivity contribution in [2.45, 2.75) is 31.4 Å². The summed E-state index contributed by atoms with van der Waals surface area (Å²) in [7, 11) is 0. The Balaban J connectivity index is 1.48. The van der Waals surface area contributed by atoms with Crippen LogP contribution in [0.5, 0.6) is 0 Å². The normalized spacial score (nSPS) is 14.2. The van der Waals surface area contributed by atoms with Crippen molar-refractivity contribution in [1.82, 2.24) is 10.6 Å². The second-order valence-corrected chi connectivity index (χ2v) is 7.19. The van der Waals surface area contributed by atoms with Gasteiger partial charge in [0.05, 0.1) is 12.5 Å². The summed E-state index contributed by atoms with van der Waals surface area (Å²) in [6.07, 6.45) is -2.19. The molecule has 0 saturated heterocycles. The number of carbonyl (C=O) groups excluding carboxylic acids is 2. The van der Waals surface area contributed by atoms with Gasteiger partial charge in [-0.1, -0.05) is 48.5 Å². The Bertz CT molecular complexity index is 899. The molecule has 1 aliphatic rings. The van der Waals surface area contributed by atoms with E-state index in [0.717, 1.165) is 22.3 Å². The Labute approximate surface area is 173 Å².